The van der Waals surface area contributed by atoms with E-state index in [1.54, 1.807) is 0 Å². The summed E-state index contributed by atoms with van der Waals surface area (Å²) in [6, 6.07) is 10.3. The highest BCUT2D eigenvalue weighted by atomic mass is 32.2. The average Bonchev–Trinajstić information content (AvgIpc) is 2.61. The quantitative estimate of drug-likeness (QED) is 0.858. The Labute approximate surface area is 140 Å². The first-order chi connectivity index (χ1) is 11.5. The van der Waals surface area contributed by atoms with Crippen LogP contribution in [-0.4, -0.2) is 26.5 Å². The molecule has 0 fully saturated rings. The third-order valence-electron chi connectivity index (χ3n) is 4.11. The average molecular weight is 346 g/mol. The Kier molecular flexibility index (Phi) is 4.64. The van der Waals surface area contributed by atoms with E-state index >= 15 is 0 Å². The molecule has 6 nitrogen and oxygen atoms in total. The lowest BCUT2D eigenvalue weighted by Crippen LogP contribution is -2.32. The van der Waals surface area contributed by atoms with Crippen molar-refractivity contribution in [3.63, 3.8) is 0 Å². The van der Waals surface area contributed by atoms with Crippen molar-refractivity contribution in [1.29, 1.82) is 0 Å². The van der Waals surface area contributed by atoms with Crippen LogP contribution in [0.2, 0.25) is 0 Å². The normalized spacial score (nSPS) is 17.1. The van der Waals surface area contributed by atoms with E-state index in [1.807, 2.05) is 24.3 Å². The maximum Gasteiger partial charge on any atom is 0.358 e. The van der Waals surface area contributed by atoms with Crippen LogP contribution in [0.15, 0.2) is 47.5 Å². The van der Waals surface area contributed by atoms with Crippen LogP contribution >= 0.6 is 0 Å². The van der Waals surface area contributed by atoms with Crippen molar-refractivity contribution in [2.75, 3.05) is 7.11 Å². The predicted molar refractivity (Wildman–Crippen MR) is 88.0 cm³/mol. The second kappa shape index (κ2) is 6.70. The molecule has 1 aliphatic carbocycles. The van der Waals surface area contributed by atoms with Crippen LogP contribution in [0.1, 0.15) is 40.5 Å². The van der Waals surface area contributed by atoms with Gasteiger partial charge in [-0.05, 0) is 42.5 Å². The molecule has 1 aromatic carbocycles. The highest BCUT2D eigenvalue weighted by molar-refractivity contribution is 7.89. The highest BCUT2D eigenvalue weighted by Crippen LogP contribution is 2.31. The first-order valence-corrected chi connectivity index (χ1v) is 9.14. The van der Waals surface area contributed by atoms with Crippen molar-refractivity contribution in [3.8, 4) is 0 Å². The minimum absolute atomic E-state index is 0.167. The van der Waals surface area contributed by atoms with Crippen molar-refractivity contribution in [1.82, 2.24) is 9.71 Å². The summed E-state index contributed by atoms with van der Waals surface area (Å²) in [5.41, 5.74) is 1.92. The van der Waals surface area contributed by atoms with E-state index in [0.29, 0.717) is 6.42 Å². The second-order valence-electron chi connectivity index (χ2n) is 5.61. The van der Waals surface area contributed by atoms with Gasteiger partial charge in [0.1, 0.15) is 4.90 Å². The number of benzene rings is 1. The Hall–Kier alpha value is -2.25. The van der Waals surface area contributed by atoms with Crippen LogP contribution in [-0.2, 0) is 21.2 Å². The van der Waals surface area contributed by atoms with Gasteiger partial charge in [-0.25, -0.2) is 22.9 Å². The van der Waals surface area contributed by atoms with Gasteiger partial charge in [-0.1, -0.05) is 24.3 Å². The van der Waals surface area contributed by atoms with Gasteiger partial charge in [-0.15, -0.1) is 0 Å². The first kappa shape index (κ1) is 16.6. The summed E-state index contributed by atoms with van der Waals surface area (Å²) in [5, 5.41) is 0. The second-order valence-corrected chi connectivity index (χ2v) is 7.29. The molecule has 3 rings (SSSR count). The monoisotopic (exact) mass is 346 g/mol. The predicted octanol–water partition coefficient (Wildman–Crippen LogP) is 2.22. The Morgan fingerprint density at radius 2 is 2.04 bits per heavy atom. The van der Waals surface area contributed by atoms with E-state index in [0.717, 1.165) is 24.0 Å². The van der Waals surface area contributed by atoms with E-state index in [-0.39, 0.29) is 16.6 Å². The van der Waals surface area contributed by atoms with Gasteiger partial charge in [0.05, 0.1) is 7.11 Å². The molecule has 0 aliphatic heterocycles. The number of hydrogen-bond acceptors (Lipinski definition) is 5. The molecule has 1 aliphatic rings. The fourth-order valence-electron chi connectivity index (χ4n) is 2.98. The smallest absolute Gasteiger partial charge is 0.358 e. The minimum Gasteiger partial charge on any atom is -0.464 e. The molecule has 1 N–H and O–H groups in total. The van der Waals surface area contributed by atoms with Gasteiger partial charge in [0.15, 0.2) is 5.69 Å². The molecule has 0 bridgehead atoms. The van der Waals surface area contributed by atoms with E-state index in [1.165, 1.54) is 25.4 Å². The Balaban J connectivity index is 1.95. The van der Waals surface area contributed by atoms with Crippen molar-refractivity contribution in [3.05, 3.63) is 59.4 Å². The zero-order valence-corrected chi connectivity index (χ0v) is 14.0. The number of nitrogens with one attached hydrogen (secondary N) is 1. The molecule has 0 amide bonds. The van der Waals surface area contributed by atoms with Crippen molar-refractivity contribution in [2.24, 2.45) is 0 Å². The molecule has 0 saturated heterocycles. The summed E-state index contributed by atoms with van der Waals surface area (Å²) in [4.78, 5) is 15.5. The molecule has 0 radical (unpaired) electrons. The fourth-order valence-corrected chi connectivity index (χ4v) is 4.38. The van der Waals surface area contributed by atoms with Gasteiger partial charge < -0.3 is 4.74 Å². The lowest BCUT2D eigenvalue weighted by atomic mass is 9.88. The Morgan fingerprint density at radius 3 is 2.83 bits per heavy atom. The SMILES string of the molecule is COC(=O)c1ncccc1S(=O)(=O)NC1CCCc2ccccc21. The van der Waals surface area contributed by atoms with Crippen LogP contribution in [0.25, 0.3) is 0 Å². The number of aryl methyl sites for hydroxylation is 1. The Morgan fingerprint density at radius 1 is 1.25 bits per heavy atom. The standard InChI is InChI=1S/C17H18N2O4S/c1-23-17(20)16-15(10-5-11-18-16)24(21,22)19-14-9-4-7-12-6-2-3-8-13(12)14/h2-3,5-6,8,10-11,14,19H,4,7,9H2,1H3. The zero-order valence-electron chi connectivity index (χ0n) is 13.2. The molecule has 24 heavy (non-hydrogen) atoms. The van der Waals surface area contributed by atoms with E-state index in [4.69, 9.17) is 0 Å². The van der Waals surface area contributed by atoms with Gasteiger partial charge in [0.25, 0.3) is 0 Å². The van der Waals surface area contributed by atoms with E-state index in [2.05, 4.69) is 14.4 Å². The maximum atomic E-state index is 12.8. The van der Waals surface area contributed by atoms with Crippen LogP contribution in [0.4, 0.5) is 0 Å². The lowest BCUT2D eigenvalue weighted by Gasteiger charge is -2.26. The lowest BCUT2D eigenvalue weighted by molar-refractivity contribution is 0.0589. The van der Waals surface area contributed by atoms with Crippen LogP contribution in [0.3, 0.4) is 0 Å². The number of carbonyl (C=O) groups excluding carboxylic acids is 1. The number of pyridine rings is 1. The number of methoxy groups -OCH3 is 1. The molecule has 1 aromatic heterocycles. The van der Waals surface area contributed by atoms with E-state index in [9.17, 15) is 13.2 Å². The number of rotatable bonds is 4. The van der Waals surface area contributed by atoms with Gasteiger partial charge in [-0.2, -0.15) is 0 Å². The summed E-state index contributed by atoms with van der Waals surface area (Å²) in [6.07, 6.45) is 3.92. The molecule has 0 saturated carbocycles. The number of aromatic nitrogens is 1. The van der Waals surface area contributed by atoms with Crippen LogP contribution < -0.4 is 4.72 Å². The number of sulfonamides is 1. The summed E-state index contributed by atoms with van der Waals surface area (Å²) < 4.78 is 32.9. The first-order valence-electron chi connectivity index (χ1n) is 7.66. The summed E-state index contributed by atoms with van der Waals surface area (Å²) in [6.45, 7) is 0. The molecule has 1 atom stereocenters. The van der Waals surface area contributed by atoms with Crippen molar-refractivity contribution in [2.45, 2.75) is 30.2 Å². The zero-order chi connectivity index (χ0) is 17.2. The summed E-state index contributed by atoms with van der Waals surface area (Å²) in [5.74, 6) is -0.778. The van der Waals surface area contributed by atoms with E-state index < -0.39 is 16.0 Å². The largest absolute Gasteiger partial charge is 0.464 e. The van der Waals surface area contributed by atoms with Gasteiger partial charge in [0.2, 0.25) is 10.0 Å². The summed E-state index contributed by atoms with van der Waals surface area (Å²) in [7, 11) is -2.71. The Bertz CT molecular complexity index is 864. The third-order valence-corrected chi connectivity index (χ3v) is 5.61. The van der Waals surface area contributed by atoms with Gasteiger partial charge in [0, 0.05) is 12.2 Å². The highest BCUT2D eigenvalue weighted by Gasteiger charge is 2.29. The molecule has 1 unspecified atom stereocenters. The third kappa shape index (κ3) is 3.18. The molecule has 7 heteroatoms. The molecular formula is C17H18N2O4S. The molecule has 126 valence electrons. The minimum atomic E-state index is -3.90. The maximum absolute atomic E-state index is 12.8. The van der Waals surface area contributed by atoms with Gasteiger partial charge >= 0.3 is 5.97 Å². The van der Waals surface area contributed by atoms with Crippen molar-refractivity contribution < 1.29 is 17.9 Å². The number of esters is 1. The van der Waals surface area contributed by atoms with Crippen LogP contribution in [0.5, 0.6) is 0 Å². The number of hydrogen-bond donors (Lipinski definition) is 1. The summed E-state index contributed by atoms with van der Waals surface area (Å²) >= 11 is 0. The molecule has 0 spiro atoms. The fraction of sp³-hybridized carbons (Fsp3) is 0.294. The number of carbonyl (C=O) groups is 1. The number of fused-ring (bicyclic) bond motifs is 1. The van der Waals surface area contributed by atoms with Crippen molar-refractivity contribution >= 4 is 16.0 Å². The molecular weight excluding hydrogens is 328 g/mol. The number of nitrogens with zero attached hydrogens (tertiary/aromatic N) is 1. The molecule has 1 heterocycles. The topological polar surface area (TPSA) is 85.4 Å². The molecule has 2 aromatic rings. The number of ether oxygens (including phenoxy) is 1. The van der Waals surface area contributed by atoms with Gasteiger partial charge in [-0.3, -0.25) is 0 Å². The van der Waals surface area contributed by atoms with Crippen LogP contribution in [0, 0.1) is 0 Å².